The highest BCUT2D eigenvalue weighted by Gasteiger charge is 2.63. The quantitative estimate of drug-likeness (QED) is 0.245. The molecule has 11 heteroatoms. The molecular formula is C28H32Cl2N6O2S. The Morgan fingerprint density at radius 3 is 2.69 bits per heavy atom. The molecule has 5 rings (SSSR count). The van der Waals surface area contributed by atoms with Crippen LogP contribution in [-0.2, 0) is 5.41 Å². The number of benzene rings is 2. The number of fused-ring (bicyclic) bond motifs is 1. The van der Waals surface area contributed by atoms with Crippen molar-refractivity contribution < 1.29 is 4.92 Å². The first-order chi connectivity index (χ1) is 18.7. The Hall–Kier alpha value is -2.48. The maximum Gasteiger partial charge on any atom is 0.294 e. The SMILES string of the molecule is CN1CCN(CCCN(C(=S)Nc2cc(Cl)c(Cl)cc2[N+](=O)[O-])C2CC[C@]3(c4cccc(C#N)c4)CC23)CC1. The van der Waals surface area contributed by atoms with Crippen LogP contribution in [0.1, 0.15) is 36.8 Å². The number of halogens is 2. The number of nitro groups is 1. The van der Waals surface area contributed by atoms with Crippen LogP contribution in [0.3, 0.4) is 0 Å². The topological polar surface area (TPSA) is 88.7 Å². The van der Waals surface area contributed by atoms with Gasteiger partial charge in [0.05, 0.1) is 26.6 Å². The Morgan fingerprint density at radius 2 is 2.00 bits per heavy atom. The maximum absolute atomic E-state index is 11.7. The first-order valence-electron chi connectivity index (χ1n) is 13.3. The van der Waals surface area contributed by atoms with Crippen LogP contribution in [0.5, 0.6) is 0 Å². The Morgan fingerprint density at radius 1 is 1.26 bits per heavy atom. The van der Waals surface area contributed by atoms with Gasteiger partial charge in [-0.2, -0.15) is 5.26 Å². The second-order valence-corrected chi connectivity index (χ2v) is 12.1. The summed E-state index contributed by atoms with van der Waals surface area (Å²) in [5.74, 6) is 0.415. The Labute approximate surface area is 244 Å². The average molecular weight is 588 g/mol. The van der Waals surface area contributed by atoms with Crippen molar-refractivity contribution in [3.63, 3.8) is 0 Å². The number of nitrogens with zero attached hydrogens (tertiary/aromatic N) is 5. The molecule has 39 heavy (non-hydrogen) atoms. The van der Waals surface area contributed by atoms with Crippen molar-refractivity contribution >= 4 is 51.9 Å². The highest BCUT2D eigenvalue weighted by molar-refractivity contribution is 7.80. The van der Waals surface area contributed by atoms with E-state index in [9.17, 15) is 15.4 Å². The predicted molar refractivity (Wildman–Crippen MR) is 159 cm³/mol. The van der Waals surface area contributed by atoms with Crippen LogP contribution in [-0.4, -0.2) is 77.1 Å². The number of rotatable bonds is 8. The fraction of sp³-hybridized carbons (Fsp3) is 0.500. The summed E-state index contributed by atoms with van der Waals surface area (Å²) in [6.45, 7) is 5.98. The monoisotopic (exact) mass is 586 g/mol. The molecule has 1 aliphatic heterocycles. The molecule has 2 aliphatic carbocycles. The molecule has 3 aliphatic rings. The van der Waals surface area contributed by atoms with Crippen molar-refractivity contribution in [1.29, 1.82) is 5.26 Å². The average Bonchev–Trinajstić information content (AvgIpc) is 3.55. The number of thiocarbonyl (C=S) groups is 1. The van der Waals surface area contributed by atoms with E-state index in [1.807, 2.05) is 18.2 Å². The molecule has 2 aromatic rings. The number of likely N-dealkylation sites (N-methyl/N-ethyl adjacent to an activating group) is 1. The van der Waals surface area contributed by atoms with Gasteiger partial charge in [-0.1, -0.05) is 35.3 Å². The minimum atomic E-state index is -0.478. The molecule has 0 bridgehead atoms. The first kappa shape index (κ1) is 28.1. The highest BCUT2D eigenvalue weighted by Crippen LogP contribution is 2.65. The molecule has 8 nitrogen and oxygen atoms in total. The maximum atomic E-state index is 11.7. The molecule has 206 valence electrons. The fourth-order valence-corrected chi connectivity index (χ4v) is 7.07. The van der Waals surface area contributed by atoms with Crippen molar-refractivity contribution in [2.75, 3.05) is 51.6 Å². The first-order valence-corrected chi connectivity index (χ1v) is 14.5. The van der Waals surface area contributed by atoms with Gasteiger partial charge >= 0.3 is 0 Å². The summed E-state index contributed by atoms with van der Waals surface area (Å²) in [7, 11) is 2.15. The lowest BCUT2D eigenvalue weighted by molar-refractivity contribution is -0.383. The highest BCUT2D eigenvalue weighted by atomic mass is 35.5. The molecule has 0 amide bonds. The summed E-state index contributed by atoms with van der Waals surface area (Å²) in [6.07, 6.45) is 4.00. The Bertz CT molecular complexity index is 1310. The van der Waals surface area contributed by atoms with E-state index >= 15 is 0 Å². The van der Waals surface area contributed by atoms with Crippen LogP contribution < -0.4 is 5.32 Å². The third kappa shape index (κ3) is 5.86. The van der Waals surface area contributed by atoms with E-state index in [0.717, 1.165) is 65.0 Å². The lowest BCUT2D eigenvalue weighted by atomic mass is 9.92. The normalized spacial score (nSPS) is 24.6. The molecule has 2 unspecified atom stereocenters. The van der Waals surface area contributed by atoms with Gasteiger partial charge in [-0.25, -0.2) is 0 Å². The lowest BCUT2D eigenvalue weighted by Gasteiger charge is -2.35. The van der Waals surface area contributed by atoms with Gasteiger partial charge in [-0.3, -0.25) is 10.1 Å². The molecule has 0 spiro atoms. The minimum Gasteiger partial charge on any atom is -0.346 e. The van der Waals surface area contributed by atoms with Gasteiger partial charge in [0.1, 0.15) is 5.69 Å². The molecule has 3 fully saturated rings. The van der Waals surface area contributed by atoms with Gasteiger partial charge in [0, 0.05) is 50.2 Å². The van der Waals surface area contributed by atoms with Gasteiger partial charge in [0.15, 0.2) is 5.11 Å². The number of anilines is 1. The van der Waals surface area contributed by atoms with Crippen LogP contribution in [0.2, 0.25) is 10.0 Å². The fourth-order valence-electron chi connectivity index (χ4n) is 6.41. The Kier molecular flexibility index (Phi) is 8.32. The van der Waals surface area contributed by atoms with Crippen molar-refractivity contribution in [2.24, 2.45) is 5.92 Å². The summed E-state index contributed by atoms with van der Waals surface area (Å²) in [5, 5.41) is 25.1. The second kappa shape index (κ2) is 11.6. The summed E-state index contributed by atoms with van der Waals surface area (Å²) in [4.78, 5) is 18.3. The number of hydrogen-bond acceptors (Lipinski definition) is 6. The molecular weight excluding hydrogens is 555 g/mol. The molecule has 1 saturated heterocycles. The van der Waals surface area contributed by atoms with E-state index in [1.165, 1.54) is 17.7 Å². The van der Waals surface area contributed by atoms with E-state index in [2.05, 4.69) is 39.2 Å². The van der Waals surface area contributed by atoms with Gasteiger partial charge in [-0.15, -0.1) is 0 Å². The smallest absolute Gasteiger partial charge is 0.294 e. The standard InChI is InChI=1S/C28H32Cl2N6O2S/c1-33-10-12-34(13-11-33)8-3-9-35(27(39)32-24-15-22(29)23(30)16-26(24)36(37)38)25-6-7-28(17-21(25)28)20-5-2-4-19(14-20)18-31/h2,4-5,14-16,21,25H,3,6-13,17H2,1H3,(H,32,39)/t21?,25?,28-/m1/s1. The van der Waals surface area contributed by atoms with Crippen molar-refractivity contribution in [3.8, 4) is 6.07 Å². The number of nitrogens with one attached hydrogen (secondary N) is 1. The van der Waals surface area contributed by atoms with Crippen LogP contribution in [0.25, 0.3) is 0 Å². The Balaban J connectivity index is 1.35. The third-order valence-electron chi connectivity index (χ3n) is 8.66. The van der Waals surface area contributed by atoms with E-state index in [1.54, 1.807) is 0 Å². The zero-order valence-electron chi connectivity index (χ0n) is 21.9. The molecule has 2 saturated carbocycles. The summed E-state index contributed by atoms with van der Waals surface area (Å²) in [6, 6.07) is 13.2. The van der Waals surface area contributed by atoms with Crippen molar-refractivity contribution in [1.82, 2.24) is 14.7 Å². The number of nitro benzene ring substituents is 1. The van der Waals surface area contributed by atoms with Gasteiger partial charge in [0.2, 0.25) is 0 Å². The molecule has 1 heterocycles. The largest absolute Gasteiger partial charge is 0.346 e. The van der Waals surface area contributed by atoms with E-state index in [4.69, 9.17) is 35.4 Å². The number of hydrogen-bond donors (Lipinski definition) is 1. The van der Waals surface area contributed by atoms with Crippen LogP contribution >= 0.6 is 35.4 Å². The van der Waals surface area contributed by atoms with Gasteiger partial charge in [0.25, 0.3) is 5.69 Å². The number of piperazine rings is 1. The molecule has 1 N–H and O–H groups in total. The predicted octanol–water partition coefficient (Wildman–Crippen LogP) is 5.53. The molecule has 0 radical (unpaired) electrons. The third-order valence-corrected chi connectivity index (χ3v) is 9.72. The summed E-state index contributed by atoms with van der Waals surface area (Å²) < 4.78 is 0. The van der Waals surface area contributed by atoms with E-state index < -0.39 is 4.92 Å². The summed E-state index contributed by atoms with van der Waals surface area (Å²) in [5.41, 5.74) is 2.06. The minimum absolute atomic E-state index is 0.0679. The van der Waals surface area contributed by atoms with E-state index in [0.29, 0.717) is 16.6 Å². The van der Waals surface area contributed by atoms with E-state index in [-0.39, 0.29) is 32.9 Å². The zero-order valence-corrected chi connectivity index (χ0v) is 24.2. The molecule has 3 atom stereocenters. The van der Waals surface area contributed by atoms with Gasteiger partial charge in [-0.05, 0) is 81.2 Å². The number of nitriles is 1. The van der Waals surface area contributed by atoms with Crippen LogP contribution in [0, 0.1) is 27.4 Å². The van der Waals surface area contributed by atoms with Gasteiger partial charge < -0.3 is 20.0 Å². The van der Waals surface area contributed by atoms with Crippen LogP contribution in [0.15, 0.2) is 36.4 Å². The second-order valence-electron chi connectivity index (χ2n) is 10.9. The van der Waals surface area contributed by atoms with Crippen molar-refractivity contribution in [2.45, 2.75) is 37.1 Å². The molecule has 2 aromatic carbocycles. The van der Waals surface area contributed by atoms with Crippen molar-refractivity contribution in [3.05, 3.63) is 67.7 Å². The van der Waals surface area contributed by atoms with Crippen LogP contribution in [0.4, 0.5) is 11.4 Å². The molecule has 0 aromatic heterocycles. The lowest BCUT2D eigenvalue weighted by Crippen LogP contribution is -2.47. The summed E-state index contributed by atoms with van der Waals surface area (Å²) >= 11 is 18.2. The zero-order chi connectivity index (χ0) is 27.7.